The fraction of sp³-hybridized carbons (Fsp3) is 0.571. The second-order valence-electron chi connectivity index (χ2n) is 5.05. The molecular formula is C14H21F3N2O. The highest BCUT2D eigenvalue weighted by atomic mass is 19.4. The molecule has 2 unspecified atom stereocenters. The maximum atomic E-state index is 12.1. The lowest BCUT2D eigenvalue weighted by molar-refractivity contribution is -0.138. The van der Waals surface area contributed by atoms with Gasteiger partial charge in [-0.1, -0.05) is 30.3 Å². The van der Waals surface area contributed by atoms with Crippen LogP contribution in [0.4, 0.5) is 13.2 Å². The summed E-state index contributed by atoms with van der Waals surface area (Å²) in [5.41, 5.74) is 6.88. The Morgan fingerprint density at radius 3 is 2.40 bits per heavy atom. The number of likely N-dealkylation sites (N-methyl/N-ethyl adjacent to an activating group) is 1. The number of rotatable bonds is 7. The van der Waals surface area contributed by atoms with Gasteiger partial charge in [0.05, 0.1) is 12.5 Å². The van der Waals surface area contributed by atoms with E-state index in [2.05, 4.69) is 0 Å². The van der Waals surface area contributed by atoms with Gasteiger partial charge in [0.2, 0.25) is 0 Å². The molecule has 3 nitrogen and oxygen atoms in total. The van der Waals surface area contributed by atoms with Crippen LogP contribution in [0.5, 0.6) is 0 Å². The smallest absolute Gasteiger partial charge is 0.390 e. The van der Waals surface area contributed by atoms with Crippen LogP contribution in [-0.2, 0) is 6.42 Å². The molecule has 2 atom stereocenters. The Morgan fingerprint density at radius 2 is 1.85 bits per heavy atom. The SMILES string of the molecule is CN(CCC(F)(F)F)CC(O)C(N)Cc1ccccc1. The summed E-state index contributed by atoms with van der Waals surface area (Å²) in [5.74, 6) is 0. The molecule has 1 aromatic rings. The number of hydrogen-bond donors (Lipinski definition) is 2. The molecule has 0 aromatic heterocycles. The molecule has 0 aliphatic rings. The highest BCUT2D eigenvalue weighted by Gasteiger charge is 2.27. The average Bonchev–Trinajstić information content (AvgIpc) is 2.36. The predicted molar refractivity (Wildman–Crippen MR) is 72.3 cm³/mol. The second-order valence-corrected chi connectivity index (χ2v) is 5.05. The minimum absolute atomic E-state index is 0.129. The third-order valence-electron chi connectivity index (χ3n) is 3.08. The number of aliphatic hydroxyl groups excluding tert-OH is 1. The number of nitrogens with two attached hydrogens (primary N) is 1. The molecule has 0 amide bonds. The third kappa shape index (κ3) is 6.88. The zero-order valence-electron chi connectivity index (χ0n) is 11.5. The molecule has 0 fully saturated rings. The molecule has 0 saturated heterocycles. The number of hydrogen-bond acceptors (Lipinski definition) is 3. The van der Waals surface area contributed by atoms with Crippen molar-refractivity contribution in [3.63, 3.8) is 0 Å². The molecule has 6 heteroatoms. The Bertz CT molecular complexity index is 384. The zero-order valence-corrected chi connectivity index (χ0v) is 11.5. The van der Waals surface area contributed by atoms with Crippen LogP contribution in [0.2, 0.25) is 0 Å². The van der Waals surface area contributed by atoms with E-state index in [-0.39, 0.29) is 13.1 Å². The molecule has 0 heterocycles. The van der Waals surface area contributed by atoms with Crippen LogP contribution in [0, 0.1) is 0 Å². The van der Waals surface area contributed by atoms with Crippen molar-refractivity contribution in [1.82, 2.24) is 4.90 Å². The summed E-state index contributed by atoms with van der Waals surface area (Å²) < 4.78 is 36.3. The molecular weight excluding hydrogens is 269 g/mol. The zero-order chi connectivity index (χ0) is 15.2. The van der Waals surface area contributed by atoms with Crippen molar-refractivity contribution in [1.29, 1.82) is 0 Å². The third-order valence-corrected chi connectivity index (χ3v) is 3.08. The number of halogens is 3. The van der Waals surface area contributed by atoms with Crippen molar-refractivity contribution in [3.05, 3.63) is 35.9 Å². The largest absolute Gasteiger partial charge is 0.390 e. The lowest BCUT2D eigenvalue weighted by Gasteiger charge is -2.25. The summed E-state index contributed by atoms with van der Waals surface area (Å²) in [5, 5.41) is 9.93. The number of alkyl halides is 3. The maximum absolute atomic E-state index is 12.1. The van der Waals surface area contributed by atoms with E-state index < -0.39 is 24.7 Å². The molecule has 1 aromatic carbocycles. The minimum atomic E-state index is -4.18. The van der Waals surface area contributed by atoms with Gasteiger partial charge < -0.3 is 15.7 Å². The Balaban J connectivity index is 2.35. The standard InChI is InChI=1S/C14H21F3N2O/c1-19(8-7-14(15,16)17)10-13(20)12(18)9-11-5-3-2-4-6-11/h2-6,12-13,20H,7-10,18H2,1H3. The lowest BCUT2D eigenvalue weighted by Crippen LogP contribution is -2.44. The molecule has 0 radical (unpaired) electrons. The summed E-state index contributed by atoms with van der Waals surface area (Å²) in [6.07, 6.45) is -5.42. The van der Waals surface area contributed by atoms with Gasteiger partial charge in [-0.15, -0.1) is 0 Å². The Kier molecular flexibility index (Phi) is 6.45. The molecule has 1 rings (SSSR count). The van der Waals surface area contributed by atoms with E-state index in [9.17, 15) is 18.3 Å². The maximum Gasteiger partial charge on any atom is 0.390 e. The van der Waals surface area contributed by atoms with Crippen molar-refractivity contribution in [2.45, 2.75) is 31.2 Å². The van der Waals surface area contributed by atoms with Crippen molar-refractivity contribution in [2.75, 3.05) is 20.1 Å². The predicted octanol–water partition coefficient (Wildman–Crippen LogP) is 1.80. The van der Waals surface area contributed by atoms with E-state index in [0.29, 0.717) is 6.42 Å². The van der Waals surface area contributed by atoms with Gasteiger partial charge in [0.15, 0.2) is 0 Å². The average molecular weight is 290 g/mol. The second kappa shape index (κ2) is 7.61. The van der Waals surface area contributed by atoms with Crippen LogP contribution in [0.15, 0.2) is 30.3 Å². The van der Waals surface area contributed by atoms with Crippen LogP contribution >= 0.6 is 0 Å². The fourth-order valence-electron chi connectivity index (χ4n) is 1.89. The van der Waals surface area contributed by atoms with Crippen molar-refractivity contribution < 1.29 is 18.3 Å². The first-order chi connectivity index (χ1) is 9.28. The Labute approximate surface area is 117 Å². The lowest BCUT2D eigenvalue weighted by atomic mass is 10.0. The monoisotopic (exact) mass is 290 g/mol. The van der Waals surface area contributed by atoms with Crippen molar-refractivity contribution >= 4 is 0 Å². The van der Waals surface area contributed by atoms with Crippen LogP contribution < -0.4 is 5.73 Å². The first kappa shape index (κ1) is 16.9. The molecule has 0 aliphatic heterocycles. The van der Waals surface area contributed by atoms with E-state index in [4.69, 9.17) is 5.73 Å². The van der Waals surface area contributed by atoms with Gasteiger partial charge in [-0.3, -0.25) is 0 Å². The number of nitrogens with zero attached hydrogens (tertiary/aromatic N) is 1. The van der Waals surface area contributed by atoms with E-state index >= 15 is 0 Å². The van der Waals surface area contributed by atoms with Gasteiger partial charge in [-0.25, -0.2) is 0 Å². The Hall–Kier alpha value is -1.11. The van der Waals surface area contributed by atoms with Crippen molar-refractivity contribution in [3.8, 4) is 0 Å². The minimum Gasteiger partial charge on any atom is -0.390 e. The molecule has 0 aliphatic carbocycles. The van der Waals surface area contributed by atoms with E-state index in [1.165, 1.54) is 4.90 Å². The molecule has 0 spiro atoms. The Morgan fingerprint density at radius 1 is 1.25 bits per heavy atom. The van der Waals surface area contributed by atoms with Gasteiger partial charge in [0, 0.05) is 19.1 Å². The summed E-state index contributed by atoms with van der Waals surface area (Å²) >= 11 is 0. The topological polar surface area (TPSA) is 49.5 Å². The number of benzene rings is 1. The van der Waals surface area contributed by atoms with Gasteiger partial charge in [0.25, 0.3) is 0 Å². The van der Waals surface area contributed by atoms with E-state index in [1.54, 1.807) is 7.05 Å². The summed E-state index contributed by atoms with van der Waals surface area (Å²) in [4.78, 5) is 1.45. The van der Waals surface area contributed by atoms with Gasteiger partial charge >= 0.3 is 6.18 Å². The van der Waals surface area contributed by atoms with Gasteiger partial charge in [-0.2, -0.15) is 13.2 Å². The molecule has 0 saturated carbocycles. The first-order valence-corrected chi connectivity index (χ1v) is 6.51. The highest BCUT2D eigenvalue weighted by Crippen LogP contribution is 2.19. The first-order valence-electron chi connectivity index (χ1n) is 6.51. The summed E-state index contributed by atoms with van der Waals surface area (Å²) in [6.45, 7) is -0.0112. The summed E-state index contributed by atoms with van der Waals surface area (Å²) in [6, 6.07) is 8.95. The molecule has 0 bridgehead atoms. The van der Waals surface area contributed by atoms with E-state index in [1.807, 2.05) is 30.3 Å². The van der Waals surface area contributed by atoms with Gasteiger partial charge in [0.1, 0.15) is 0 Å². The molecule has 20 heavy (non-hydrogen) atoms. The summed E-state index contributed by atoms with van der Waals surface area (Å²) in [7, 11) is 1.55. The fourth-order valence-corrected chi connectivity index (χ4v) is 1.89. The van der Waals surface area contributed by atoms with Crippen LogP contribution in [-0.4, -0.2) is 48.5 Å². The van der Waals surface area contributed by atoms with Crippen LogP contribution in [0.25, 0.3) is 0 Å². The quantitative estimate of drug-likeness (QED) is 0.805. The van der Waals surface area contributed by atoms with E-state index in [0.717, 1.165) is 5.56 Å². The van der Waals surface area contributed by atoms with Crippen LogP contribution in [0.3, 0.4) is 0 Å². The van der Waals surface area contributed by atoms with Crippen molar-refractivity contribution in [2.24, 2.45) is 5.73 Å². The number of aliphatic hydroxyl groups is 1. The normalized spacial score (nSPS) is 15.3. The molecule has 3 N–H and O–H groups in total. The molecule has 114 valence electrons. The van der Waals surface area contributed by atoms with Gasteiger partial charge in [-0.05, 0) is 19.0 Å². The highest BCUT2D eigenvalue weighted by molar-refractivity contribution is 5.16. The van der Waals surface area contributed by atoms with Crippen LogP contribution in [0.1, 0.15) is 12.0 Å².